The maximum atomic E-state index is 12.6. The number of carbonyl (C=O) groups excluding carboxylic acids is 1. The van der Waals surface area contributed by atoms with Gasteiger partial charge in [0.2, 0.25) is 5.91 Å². The molecule has 1 saturated carbocycles. The lowest BCUT2D eigenvalue weighted by Crippen LogP contribution is -2.39. The molecule has 1 fully saturated rings. The summed E-state index contributed by atoms with van der Waals surface area (Å²) in [7, 11) is -3.53. The summed E-state index contributed by atoms with van der Waals surface area (Å²) in [4.78, 5) is 19.7. The van der Waals surface area contributed by atoms with Gasteiger partial charge >= 0.3 is 16.4 Å². The van der Waals surface area contributed by atoms with Gasteiger partial charge in [-0.25, -0.2) is 4.98 Å². The van der Waals surface area contributed by atoms with Crippen LogP contribution >= 0.6 is 0 Å². The predicted molar refractivity (Wildman–Crippen MR) is 119 cm³/mol. The molecule has 3 aromatic rings. The lowest BCUT2D eigenvalue weighted by atomic mass is 9.98. The van der Waals surface area contributed by atoms with Gasteiger partial charge in [0.1, 0.15) is 18.0 Å². The average molecular weight is 482 g/mol. The van der Waals surface area contributed by atoms with E-state index >= 15 is 0 Å². The van der Waals surface area contributed by atoms with Gasteiger partial charge in [-0.2, -0.15) is 25.9 Å². The molecule has 33 heavy (non-hydrogen) atoms. The standard InChI is InChI=1S/C21H22F3N5O3S/c1-12-9-14(28-33(31,32)29(2)11-21(22,23)24)5-6-15(12)17-10-18(27-20(30)13-3-4-13)26-19-16(17)7-8-25-19/h5-10,13,28H,3-4,11H2,1-2H3,(H2,25,26,27,30). The van der Waals surface area contributed by atoms with Crippen LogP contribution in [0.25, 0.3) is 22.2 Å². The van der Waals surface area contributed by atoms with Crippen LogP contribution in [0.5, 0.6) is 0 Å². The Kier molecular flexibility index (Phi) is 5.83. The van der Waals surface area contributed by atoms with E-state index in [9.17, 15) is 26.4 Å². The molecular weight excluding hydrogens is 459 g/mol. The van der Waals surface area contributed by atoms with Crippen LogP contribution in [0.3, 0.4) is 0 Å². The van der Waals surface area contributed by atoms with Crippen LogP contribution in [0.15, 0.2) is 36.5 Å². The highest BCUT2D eigenvalue weighted by molar-refractivity contribution is 7.90. The zero-order valence-electron chi connectivity index (χ0n) is 17.8. The number of rotatable bonds is 7. The van der Waals surface area contributed by atoms with Crippen molar-refractivity contribution in [2.45, 2.75) is 25.9 Å². The molecule has 1 aliphatic rings. The fraction of sp³-hybridized carbons (Fsp3) is 0.333. The van der Waals surface area contributed by atoms with E-state index in [1.54, 1.807) is 25.3 Å². The number of anilines is 2. The van der Waals surface area contributed by atoms with Crippen LogP contribution in [0.1, 0.15) is 18.4 Å². The van der Waals surface area contributed by atoms with E-state index in [-0.39, 0.29) is 21.8 Å². The number of hydrogen-bond donors (Lipinski definition) is 3. The summed E-state index contributed by atoms with van der Waals surface area (Å²) < 4.78 is 64.6. The number of alkyl halides is 3. The van der Waals surface area contributed by atoms with E-state index in [2.05, 4.69) is 20.0 Å². The van der Waals surface area contributed by atoms with E-state index in [4.69, 9.17) is 0 Å². The zero-order valence-corrected chi connectivity index (χ0v) is 18.6. The fourth-order valence-corrected chi connectivity index (χ4v) is 4.39. The first-order valence-corrected chi connectivity index (χ1v) is 11.6. The highest BCUT2D eigenvalue weighted by Crippen LogP contribution is 2.35. The predicted octanol–water partition coefficient (Wildman–Crippen LogP) is 4.04. The highest BCUT2D eigenvalue weighted by Gasteiger charge is 2.34. The maximum absolute atomic E-state index is 12.6. The Bertz CT molecular complexity index is 1320. The molecule has 0 unspecified atom stereocenters. The van der Waals surface area contributed by atoms with Crippen molar-refractivity contribution in [3.05, 3.63) is 42.1 Å². The third-order valence-electron chi connectivity index (χ3n) is 5.30. The van der Waals surface area contributed by atoms with Crippen LogP contribution in [-0.2, 0) is 15.0 Å². The van der Waals surface area contributed by atoms with Crippen LogP contribution < -0.4 is 10.0 Å². The second kappa shape index (κ2) is 8.34. The SMILES string of the molecule is Cc1cc(NS(=O)(=O)N(C)CC(F)(F)F)ccc1-c1cc(NC(=O)C2CC2)nc2[nH]ccc12. The molecule has 0 atom stereocenters. The number of aromatic amines is 1. The minimum Gasteiger partial charge on any atom is -0.346 e. The number of aryl methyl sites for hydroxylation is 1. The van der Waals surface area contributed by atoms with Crippen molar-refractivity contribution in [1.82, 2.24) is 14.3 Å². The fourth-order valence-electron chi connectivity index (χ4n) is 3.49. The van der Waals surface area contributed by atoms with Crippen molar-refractivity contribution in [1.29, 1.82) is 0 Å². The van der Waals surface area contributed by atoms with Crippen LogP contribution in [0.4, 0.5) is 24.7 Å². The minimum atomic E-state index is -4.65. The summed E-state index contributed by atoms with van der Waals surface area (Å²) in [6.07, 6.45) is -1.21. The van der Waals surface area contributed by atoms with Crippen molar-refractivity contribution in [3.63, 3.8) is 0 Å². The normalized spacial score (nSPS) is 14.6. The molecular formula is C21H22F3N5O3S. The summed E-state index contributed by atoms with van der Waals surface area (Å²) in [5, 5.41) is 3.64. The topological polar surface area (TPSA) is 107 Å². The first kappa shape index (κ1) is 23.1. The van der Waals surface area contributed by atoms with Crippen LogP contribution in [0, 0.1) is 12.8 Å². The van der Waals surface area contributed by atoms with Gasteiger partial charge in [-0.3, -0.25) is 9.52 Å². The first-order valence-electron chi connectivity index (χ1n) is 10.1. The number of fused-ring (bicyclic) bond motifs is 1. The zero-order chi connectivity index (χ0) is 24.0. The number of benzene rings is 1. The van der Waals surface area contributed by atoms with E-state index in [0.717, 1.165) is 36.4 Å². The van der Waals surface area contributed by atoms with Crippen molar-refractivity contribution in [3.8, 4) is 11.1 Å². The number of carbonyl (C=O) groups is 1. The number of hydrogen-bond acceptors (Lipinski definition) is 4. The lowest BCUT2D eigenvalue weighted by Gasteiger charge is -2.20. The number of amides is 1. The van der Waals surface area contributed by atoms with Crippen LogP contribution in [0.2, 0.25) is 0 Å². The highest BCUT2D eigenvalue weighted by atomic mass is 32.2. The minimum absolute atomic E-state index is 0.0131. The van der Waals surface area contributed by atoms with E-state index < -0.39 is 22.9 Å². The summed E-state index contributed by atoms with van der Waals surface area (Å²) >= 11 is 0. The summed E-state index contributed by atoms with van der Waals surface area (Å²) in [6.45, 7) is 0.158. The van der Waals surface area contributed by atoms with Gasteiger partial charge in [0.15, 0.2) is 0 Å². The molecule has 3 N–H and O–H groups in total. The Morgan fingerprint density at radius 1 is 1.21 bits per heavy atom. The number of halogens is 3. The summed E-state index contributed by atoms with van der Waals surface area (Å²) in [5.74, 6) is 0.331. The molecule has 1 amide bonds. The lowest BCUT2D eigenvalue weighted by molar-refractivity contribution is -0.134. The molecule has 0 spiro atoms. The number of aromatic nitrogens is 2. The van der Waals surface area contributed by atoms with E-state index in [1.807, 2.05) is 6.07 Å². The van der Waals surface area contributed by atoms with Crippen molar-refractivity contribution >= 4 is 38.7 Å². The van der Waals surface area contributed by atoms with Crippen molar-refractivity contribution in [2.75, 3.05) is 23.6 Å². The number of nitrogens with zero attached hydrogens (tertiary/aromatic N) is 2. The molecule has 2 aromatic heterocycles. The number of nitrogens with one attached hydrogen (secondary N) is 3. The van der Waals surface area contributed by atoms with Gasteiger partial charge in [0.25, 0.3) is 0 Å². The molecule has 0 radical (unpaired) electrons. The van der Waals surface area contributed by atoms with Crippen molar-refractivity contribution in [2.24, 2.45) is 5.92 Å². The molecule has 12 heteroatoms. The maximum Gasteiger partial charge on any atom is 0.402 e. The smallest absolute Gasteiger partial charge is 0.346 e. The molecule has 0 aliphatic heterocycles. The molecule has 8 nitrogen and oxygen atoms in total. The Labute approximate surface area is 188 Å². The monoisotopic (exact) mass is 481 g/mol. The van der Waals surface area contributed by atoms with Gasteiger partial charge < -0.3 is 10.3 Å². The van der Waals surface area contributed by atoms with Gasteiger partial charge in [0.05, 0.1) is 5.69 Å². The molecule has 2 heterocycles. The van der Waals surface area contributed by atoms with Gasteiger partial charge in [-0.05, 0) is 60.7 Å². The number of pyridine rings is 1. The molecule has 1 aromatic carbocycles. The third-order valence-corrected chi connectivity index (χ3v) is 6.75. The Morgan fingerprint density at radius 2 is 1.94 bits per heavy atom. The Balaban J connectivity index is 1.63. The number of H-pyrrole nitrogens is 1. The molecule has 0 bridgehead atoms. The van der Waals surface area contributed by atoms with Gasteiger partial charge in [0, 0.05) is 24.5 Å². The molecule has 176 valence electrons. The van der Waals surface area contributed by atoms with Crippen molar-refractivity contribution < 1.29 is 26.4 Å². The summed E-state index contributed by atoms with van der Waals surface area (Å²) in [5.41, 5.74) is 2.93. The Morgan fingerprint density at radius 3 is 2.58 bits per heavy atom. The van der Waals surface area contributed by atoms with Crippen LogP contribution in [-0.4, -0.2) is 48.4 Å². The van der Waals surface area contributed by atoms with E-state index in [1.165, 1.54) is 12.1 Å². The second-order valence-corrected chi connectivity index (χ2v) is 9.84. The Hall–Kier alpha value is -3.12. The average Bonchev–Trinajstić information content (AvgIpc) is 3.44. The van der Waals surface area contributed by atoms with E-state index in [0.29, 0.717) is 17.0 Å². The molecule has 1 aliphatic carbocycles. The quantitative estimate of drug-likeness (QED) is 0.474. The molecule has 4 rings (SSSR count). The molecule has 0 saturated heterocycles. The first-order chi connectivity index (χ1) is 15.4. The second-order valence-electron chi connectivity index (χ2n) is 8.07. The summed E-state index contributed by atoms with van der Waals surface area (Å²) in [6, 6.07) is 8.27. The van der Waals surface area contributed by atoms with Gasteiger partial charge in [-0.1, -0.05) is 6.07 Å². The largest absolute Gasteiger partial charge is 0.402 e. The van der Waals surface area contributed by atoms with Gasteiger partial charge in [-0.15, -0.1) is 0 Å². The third kappa shape index (κ3) is 5.28.